The van der Waals surface area contributed by atoms with E-state index in [1.807, 2.05) is 0 Å². The smallest absolute Gasteiger partial charge is 0.338 e. The summed E-state index contributed by atoms with van der Waals surface area (Å²) in [5, 5.41) is 15.1. The van der Waals surface area contributed by atoms with Crippen LogP contribution in [0.25, 0.3) is 0 Å². The van der Waals surface area contributed by atoms with Crippen molar-refractivity contribution in [2.24, 2.45) is 0 Å². The van der Waals surface area contributed by atoms with Gasteiger partial charge in [0.25, 0.3) is 0 Å². The Labute approximate surface area is 158 Å². The molecular formula is C17H17F3N4O2S. The lowest BCUT2D eigenvalue weighted by atomic mass is 9.90. The number of carbonyl (C=O) groups is 1. The molecule has 0 aliphatic rings. The van der Waals surface area contributed by atoms with Gasteiger partial charge >= 0.3 is 6.18 Å². The molecule has 0 atom stereocenters. The highest BCUT2D eigenvalue weighted by Crippen LogP contribution is 2.38. The number of alkyl halides is 3. The summed E-state index contributed by atoms with van der Waals surface area (Å²) in [6.07, 6.45) is -4.71. The first-order valence-corrected chi connectivity index (χ1v) is 8.79. The molecule has 0 spiro atoms. The third-order valence-electron chi connectivity index (χ3n) is 3.40. The number of pyridine rings is 1. The second-order valence-electron chi connectivity index (χ2n) is 6.76. The maximum Gasteiger partial charge on any atom is 0.417 e. The predicted molar refractivity (Wildman–Crippen MR) is 93.2 cm³/mol. The van der Waals surface area contributed by atoms with Crippen LogP contribution in [0.15, 0.2) is 21.7 Å². The molecule has 2 heterocycles. The average Bonchev–Trinajstić information content (AvgIpc) is 2.95. The Balaban J connectivity index is 2.31. The van der Waals surface area contributed by atoms with Crippen molar-refractivity contribution in [1.82, 2.24) is 10.1 Å². The molecule has 1 N–H and O–H groups in total. The Kier molecular flexibility index (Phi) is 5.85. The summed E-state index contributed by atoms with van der Waals surface area (Å²) in [7, 11) is 0. The van der Waals surface area contributed by atoms with E-state index >= 15 is 0 Å². The normalized spacial score (nSPS) is 11.9. The number of nitriles is 1. The quantitative estimate of drug-likeness (QED) is 0.772. The summed E-state index contributed by atoms with van der Waals surface area (Å²) in [5.74, 6) is -0.630. The van der Waals surface area contributed by atoms with Gasteiger partial charge in [0, 0.05) is 17.2 Å². The fourth-order valence-electron chi connectivity index (χ4n) is 2.07. The highest BCUT2D eigenvalue weighted by Gasteiger charge is 2.37. The van der Waals surface area contributed by atoms with Crippen LogP contribution in [0.3, 0.4) is 0 Å². The first kappa shape index (κ1) is 20.8. The van der Waals surface area contributed by atoms with Crippen LogP contribution < -0.4 is 5.32 Å². The first-order valence-electron chi connectivity index (χ1n) is 7.80. The molecule has 0 unspecified atom stereocenters. The molecule has 0 aliphatic carbocycles. The lowest BCUT2D eigenvalue weighted by Gasteiger charge is -2.21. The molecular weight excluding hydrogens is 381 g/mol. The van der Waals surface area contributed by atoms with Crippen molar-refractivity contribution in [1.29, 1.82) is 5.26 Å². The van der Waals surface area contributed by atoms with Crippen LogP contribution in [0.4, 0.5) is 19.1 Å². The molecule has 0 saturated carbocycles. The van der Waals surface area contributed by atoms with Gasteiger partial charge in [-0.1, -0.05) is 37.7 Å². The van der Waals surface area contributed by atoms with Crippen LogP contribution in [0.5, 0.6) is 0 Å². The molecule has 0 saturated heterocycles. The maximum absolute atomic E-state index is 13.4. The van der Waals surface area contributed by atoms with Gasteiger partial charge in [0.1, 0.15) is 11.1 Å². The zero-order chi connectivity index (χ0) is 20.4. The highest BCUT2D eigenvalue weighted by atomic mass is 32.2. The Bertz CT molecular complexity index is 895. The van der Waals surface area contributed by atoms with E-state index in [9.17, 15) is 23.2 Å². The maximum atomic E-state index is 13.4. The minimum Gasteiger partial charge on any atom is -0.338 e. The third kappa shape index (κ3) is 5.23. The number of rotatable bonds is 4. The number of aromatic nitrogens is 2. The first-order chi connectivity index (χ1) is 12.4. The van der Waals surface area contributed by atoms with Gasteiger partial charge in [0.05, 0.1) is 22.6 Å². The topological polar surface area (TPSA) is 91.8 Å². The summed E-state index contributed by atoms with van der Waals surface area (Å²) >= 11 is 0.759. The Hall–Kier alpha value is -2.54. The van der Waals surface area contributed by atoms with E-state index in [1.54, 1.807) is 33.8 Å². The van der Waals surface area contributed by atoms with Crippen molar-refractivity contribution < 1.29 is 22.5 Å². The van der Waals surface area contributed by atoms with Gasteiger partial charge in [0.2, 0.25) is 11.8 Å². The monoisotopic (exact) mass is 398 g/mol. The van der Waals surface area contributed by atoms with E-state index in [-0.39, 0.29) is 22.4 Å². The zero-order valence-corrected chi connectivity index (χ0v) is 15.9. The second-order valence-corrected chi connectivity index (χ2v) is 7.73. The number of carbonyl (C=O) groups excluding carboxylic acids is 1. The van der Waals surface area contributed by atoms with Crippen LogP contribution in [0.2, 0.25) is 0 Å². The Morgan fingerprint density at radius 2 is 2.00 bits per heavy atom. The van der Waals surface area contributed by atoms with Crippen molar-refractivity contribution in [2.45, 2.75) is 44.3 Å². The molecule has 2 aromatic rings. The summed E-state index contributed by atoms with van der Waals surface area (Å²) in [5.41, 5.74) is -1.56. The van der Waals surface area contributed by atoms with E-state index in [4.69, 9.17) is 4.52 Å². The molecule has 0 bridgehead atoms. The van der Waals surface area contributed by atoms with Gasteiger partial charge in [-0.05, 0) is 13.0 Å². The van der Waals surface area contributed by atoms with Crippen molar-refractivity contribution in [3.8, 4) is 6.07 Å². The van der Waals surface area contributed by atoms with Crippen molar-refractivity contribution in [2.75, 3.05) is 11.1 Å². The van der Waals surface area contributed by atoms with Crippen LogP contribution in [0, 0.1) is 18.3 Å². The number of amides is 1. The molecule has 10 heteroatoms. The van der Waals surface area contributed by atoms with Crippen molar-refractivity contribution in [3.05, 3.63) is 34.6 Å². The van der Waals surface area contributed by atoms with Crippen molar-refractivity contribution >= 4 is 23.6 Å². The minimum absolute atomic E-state index is 0.131. The number of hydrogen-bond acceptors (Lipinski definition) is 6. The van der Waals surface area contributed by atoms with Gasteiger partial charge in [-0.3, -0.25) is 10.1 Å². The molecule has 0 aromatic carbocycles. The molecule has 144 valence electrons. The van der Waals surface area contributed by atoms with Crippen LogP contribution in [0.1, 0.15) is 43.3 Å². The SMILES string of the molecule is Cc1cc(NC(=O)CSc2nc(C(C)(C)C)cc(C(F)(F)F)c2C#N)on1. The van der Waals surface area contributed by atoms with Gasteiger partial charge < -0.3 is 4.52 Å². The van der Waals surface area contributed by atoms with E-state index in [0.717, 1.165) is 17.8 Å². The summed E-state index contributed by atoms with van der Waals surface area (Å²) in [6.45, 7) is 6.83. The highest BCUT2D eigenvalue weighted by molar-refractivity contribution is 8.00. The average molecular weight is 398 g/mol. The van der Waals surface area contributed by atoms with E-state index in [0.29, 0.717) is 5.69 Å². The fourth-order valence-corrected chi connectivity index (χ4v) is 2.87. The summed E-state index contributed by atoms with van der Waals surface area (Å²) in [4.78, 5) is 16.2. The molecule has 2 aromatic heterocycles. The number of nitrogens with zero attached hydrogens (tertiary/aromatic N) is 3. The van der Waals surface area contributed by atoms with Crippen LogP contribution in [-0.4, -0.2) is 21.8 Å². The number of aryl methyl sites for hydroxylation is 1. The lowest BCUT2D eigenvalue weighted by Crippen LogP contribution is -2.19. The fraction of sp³-hybridized carbons (Fsp3) is 0.412. The molecule has 1 amide bonds. The van der Waals surface area contributed by atoms with Gasteiger partial charge in [0.15, 0.2) is 0 Å². The molecule has 2 rings (SSSR count). The number of halogens is 3. The molecule has 0 radical (unpaired) electrons. The molecule has 0 fully saturated rings. The van der Waals surface area contributed by atoms with E-state index in [2.05, 4.69) is 15.5 Å². The van der Waals surface area contributed by atoms with Crippen LogP contribution >= 0.6 is 11.8 Å². The molecule has 6 nitrogen and oxygen atoms in total. The number of thioether (sulfide) groups is 1. The van der Waals surface area contributed by atoms with Gasteiger partial charge in [-0.25, -0.2) is 4.98 Å². The number of hydrogen-bond donors (Lipinski definition) is 1. The van der Waals surface area contributed by atoms with E-state index < -0.39 is 28.6 Å². The van der Waals surface area contributed by atoms with Gasteiger partial charge in [-0.2, -0.15) is 18.4 Å². The largest absolute Gasteiger partial charge is 0.417 e. The second kappa shape index (κ2) is 7.60. The standard InChI is InChI=1S/C17H17F3N4O2S/c1-9-5-14(26-24-9)23-13(25)8-27-15-10(7-21)11(17(18,19)20)6-12(22-15)16(2,3)4/h5-6H,8H2,1-4H3,(H,23,25). The van der Waals surface area contributed by atoms with Crippen LogP contribution in [-0.2, 0) is 16.4 Å². The Morgan fingerprint density at radius 1 is 1.33 bits per heavy atom. The molecule has 0 aliphatic heterocycles. The minimum atomic E-state index is -4.71. The summed E-state index contributed by atoms with van der Waals surface area (Å²) in [6, 6.07) is 3.95. The van der Waals surface area contributed by atoms with Crippen molar-refractivity contribution in [3.63, 3.8) is 0 Å². The summed E-state index contributed by atoms with van der Waals surface area (Å²) < 4.78 is 45.0. The van der Waals surface area contributed by atoms with E-state index in [1.165, 1.54) is 6.07 Å². The number of nitrogens with one attached hydrogen (secondary N) is 1. The third-order valence-corrected chi connectivity index (χ3v) is 4.38. The predicted octanol–water partition coefficient (Wildman–Crippen LogP) is 4.30. The lowest BCUT2D eigenvalue weighted by molar-refractivity contribution is -0.138. The van der Waals surface area contributed by atoms with Gasteiger partial charge in [-0.15, -0.1) is 0 Å². The molecule has 27 heavy (non-hydrogen) atoms. The Morgan fingerprint density at radius 3 is 2.48 bits per heavy atom. The zero-order valence-electron chi connectivity index (χ0n) is 15.1. The number of anilines is 1.